The van der Waals surface area contributed by atoms with Gasteiger partial charge in [0.05, 0.1) is 63.9 Å². The Kier molecular flexibility index (Phi) is 18.0. The molecule has 1 unspecified atom stereocenters. The number of nitrogens with zero attached hydrogens (tertiary/aromatic N) is 2. The molecule has 0 bridgehead atoms. The first-order valence-corrected chi connectivity index (χ1v) is 24.0. The van der Waals surface area contributed by atoms with Gasteiger partial charge in [0.25, 0.3) is 0 Å². The van der Waals surface area contributed by atoms with E-state index in [2.05, 4.69) is 0 Å². The summed E-state index contributed by atoms with van der Waals surface area (Å²) in [4.78, 5) is 12.6. The lowest BCUT2D eigenvalue weighted by molar-refractivity contribution is -0.137. The Hall–Kier alpha value is -3.99. The van der Waals surface area contributed by atoms with Crippen LogP contribution in [0.25, 0.3) is 17.4 Å². The minimum atomic E-state index is -4.86. The van der Waals surface area contributed by atoms with Crippen molar-refractivity contribution >= 4 is 48.1 Å². The van der Waals surface area contributed by atoms with E-state index in [0.29, 0.717) is 93.5 Å². The van der Waals surface area contributed by atoms with Crippen LogP contribution >= 0.6 is 0 Å². The summed E-state index contributed by atoms with van der Waals surface area (Å²) in [7, 11) is -12.3. The van der Waals surface area contributed by atoms with Crippen LogP contribution in [0.5, 0.6) is 0 Å². The van der Waals surface area contributed by atoms with Gasteiger partial charge in [0.15, 0.2) is 6.54 Å². The molecule has 0 radical (unpaired) electrons. The number of fused-ring (bicyclic) bond motifs is 2. The normalized spacial score (nSPS) is 17.2. The summed E-state index contributed by atoms with van der Waals surface area (Å²) in [5.41, 5.74) is 2.16. The average Bonchev–Trinajstić information content (AvgIpc) is 3.39. The van der Waals surface area contributed by atoms with E-state index in [1.807, 2.05) is 33.8 Å². The molecule has 1 aromatic rings. The molecule has 0 saturated heterocycles. The van der Waals surface area contributed by atoms with Crippen molar-refractivity contribution in [1.29, 1.82) is 0 Å². The second kappa shape index (κ2) is 22.2. The summed E-state index contributed by atoms with van der Waals surface area (Å²) in [6.45, 7) is 4.75. The van der Waals surface area contributed by atoms with E-state index in [-0.39, 0.29) is 32.2 Å². The SMILES string of the molecule is COCCOCCOCC[N+](CCCS(=O)(=O)[O-])=c1ccc2c(/C=C/C=C3/N(CCCCCC(=O)O)c4ccc(S(=O)(=O)[O-])cc4C3(C)CCCS(=O)(=O)[O-])ccoc-2c1. The van der Waals surface area contributed by atoms with Gasteiger partial charge in [-0.15, -0.1) is 0 Å². The lowest BCUT2D eigenvalue weighted by atomic mass is 9.77. The van der Waals surface area contributed by atoms with E-state index >= 15 is 0 Å². The minimum absolute atomic E-state index is 0.00297. The number of methoxy groups -OCH3 is 1. The third-order valence-electron chi connectivity index (χ3n) is 10.1. The van der Waals surface area contributed by atoms with Crippen molar-refractivity contribution in [3.63, 3.8) is 0 Å². The Labute approximate surface area is 351 Å². The smallest absolute Gasteiger partial charge is 0.303 e. The van der Waals surface area contributed by atoms with Crippen LogP contribution in [0.3, 0.4) is 0 Å². The lowest BCUT2D eigenvalue weighted by Crippen LogP contribution is -2.35. The highest BCUT2D eigenvalue weighted by molar-refractivity contribution is 7.86. The molecule has 0 aromatic heterocycles. The third-order valence-corrected chi connectivity index (χ3v) is 12.5. The van der Waals surface area contributed by atoms with Gasteiger partial charge in [0.1, 0.15) is 29.0 Å². The quantitative estimate of drug-likeness (QED) is 0.0689. The van der Waals surface area contributed by atoms with Gasteiger partial charge in [-0.05, 0) is 80.1 Å². The fourth-order valence-electron chi connectivity index (χ4n) is 7.16. The van der Waals surface area contributed by atoms with Gasteiger partial charge in [0, 0.05) is 66.4 Å². The topological polar surface area (TPSA) is 256 Å². The molecule has 0 saturated carbocycles. The van der Waals surface area contributed by atoms with E-state index in [1.165, 1.54) is 24.5 Å². The van der Waals surface area contributed by atoms with Crippen molar-refractivity contribution < 1.29 is 67.4 Å². The first-order chi connectivity index (χ1) is 28.3. The van der Waals surface area contributed by atoms with Crippen LogP contribution in [0.1, 0.15) is 63.0 Å². The molecule has 2 heterocycles. The molecule has 17 nitrogen and oxygen atoms in total. The van der Waals surface area contributed by atoms with Crippen molar-refractivity contribution in [2.75, 3.05) is 76.2 Å². The van der Waals surface area contributed by atoms with Gasteiger partial charge < -0.3 is 42.3 Å². The van der Waals surface area contributed by atoms with Crippen LogP contribution in [0.15, 0.2) is 75.9 Å². The lowest BCUT2D eigenvalue weighted by Gasteiger charge is -2.31. The van der Waals surface area contributed by atoms with Gasteiger partial charge >= 0.3 is 5.97 Å². The Balaban J connectivity index is 1.70. The maximum Gasteiger partial charge on any atom is 0.303 e. The number of hydrogen-bond acceptors (Lipinski definition) is 15. The Morgan fingerprint density at radius 1 is 0.850 bits per heavy atom. The highest BCUT2D eigenvalue weighted by Gasteiger charge is 2.43. The molecule has 4 rings (SSSR count). The number of carboxylic acid groups (broad SMARTS) is 1. The molecule has 3 aliphatic rings. The molecule has 1 N–H and O–H groups in total. The van der Waals surface area contributed by atoms with Crippen molar-refractivity contribution in [2.24, 2.45) is 0 Å². The number of rotatable bonds is 26. The summed E-state index contributed by atoms with van der Waals surface area (Å²) < 4.78 is 129. The second-order valence-electron chi connectivity index (χ2n) is 14.5. The molecule has 0 fully saturated rings. The van der Waals surface area contributed by atoms with Crippen LogP contribution in [-0.4, -0.2) is 121 Å². The van der Waals surface area contributed by atoms with Crippen molar-refractivity contribution in [3.05, 3.63) is 83.1 Å². The van der Waals surface area contributed by atoms with Crippen LogP contribution in [0, 0.1) is 0 Å². The van der Waals surface area contributed by atoms with Gasteiger partial charge in [-0.3, -0.25) is 4.79 Å². The summed E-state index contributed by atoms with van der Waals surface area (Å²) in [5, 5.41) is 9.81. The van der Waals surface area contributed by atoms with E-state index in [4.69, 9.17) is 23.7 Å². The molecule has 1 aliphatic carbocycles. The van der Waals surface area contributed by atoms with E-state index in [9.17, 15) is 43.7 Å². The molecule has 60 heavy (non-hydrogen) atoms. The van der Waals surface area contributed by atoms with E-state index in [1.54, 1.807) is 32.2 Å². The maximum absolute atomic E-state index is 12.1. The summed E-state index contributed by atoms with van der Waals surface area (Å²) >= 11 is 0. The highest BCUT2D eigenvalue weighted by atomic mass is 32.2. The predicted octanol–water partition coefficient (Wildman–Crippen LogP) is 3.32. The van der Waals surface area contributed by atoms with Crippen molar-refractivity contribution in [1.82, 2.24) is 4.58 Å². The van der Waals surface area contributed by atoms with Crippen molar-refractivity contribution in [3.8, 4) is 11.3 Å². The number of anilines is 1. The van der Waals surface area contributed by atoms with Gasteiger partial charge in [-0.2, -0.15) is 0 Å². The fraction of sp³-hybridized carbons (Fsp3) is 0.500. The number of benzene rings is 2. The molecule has 0 amide bonds. The van der Waals surface area contributed by atoms with Crippen LogP contribution in [0.4, 0.5) is 5.69 Å². The van der Waals surface area contributed by atoms with Gasteiger partial charge in [0.2, 0.25) is 5.36 Å². The zero-order chi connectivity index (χ0) is 44.0. The number of ether oxygens (including phenoxy) is 3. The number of aliphatic carboxylic acids is 1. The van der Waals surface area contributed by atoms with E-state index < -0.39 is 58.1 Å². The standard InChI is InChI=1S/C40H54N2O15S3/c1-40(17-7-27-58(45,46)47)35-30-33(60(51,52)53)13-15-36(35)42(19-5-3-4-11-39(43)44)38(40)10-6-9-31-16-21-57-37-29-32(12-14-34(31)37)41(18-8-28-59(48,49)50)20-22-55-25-26-56-24-23-54-2/h6,9-10,12-16,21,29-30H,3-5,7-8,11,17-20,22-28H2,1-2H3,(H3-,43,44,45,46,47,48,49,50,51,52,53)/p-2. The molecule has 1 aromatic carbocycles. The zero-order valence-electron chi connectivity index (χ0n) is 33.7. The third kappa shape index (κ3) is 14.9. The Morgan fingerprint density at radius 2 is 1.55 bits per heavy atom. The van der Waals surface area contributed by atoms with Gasteiger partial charge in [-0.25, -0.2) is 29.8 Å². The number of hydrogen-bond donors (Lipinski definition) is 1. The predicted molar refractivity (Wildman–Crippen MR) is 219 cm³/mol. The second-order valence-corrected chi connectivity index (χ2v) is 18.9. The van der Waals surface area contributed by atoms with Crippen LogP contribution in [-0.2, 0) is 54.8 Å². The van der Waals surface area contributed by atoms with Crippen molar-refractivity contribution in [2.45, 2.75) is 62.2 Å². The molecular formula is C40H52N2O15S3-2. The number of unbranched alkanes of at least 4 members (excludes halogenated alkanes) is 2. The monoisotopic (exact) mass is 896 g/mol. The van der Waals surface area contributed by atoms with E-state index in [0.717, 1.165) is 11.1 Å². The molecule has 332 valence electrons. The highest BCUT2D eigenvalue weighted by Crippen LogP contribution is 2.51. The largest absolute Gasteiger partial charge is 0.748 e. The Bertz CT molecular complexity index is 2360. The molecular weight excluding hydrogens is 845 g/mol. The molecule has 1 atom stereocenters. The number of allylic oxidation sites excluding steroid dienone is 3. The average molecular weight is 897 g/mol. The first-order valence-electron chi connectivity index (χ1n) is 19.4. The number of carbonyl (C=O) groups is 1. The van der Waals surface area contributed by atoms with Gasteiger partial charge in [-0.1, -0.05) is 18.6 Å². The van der Waals surface area contributed by atoms with Crippen LogP contribution in [0.2, 0.25) is 0 Å². The zero-order valence-corrected chi connectivity index (χ0v) is 36.1. The van der Waals surface area contributed by atoms with Crippen LogP contribution < -0.4 is 14.8 Å². The minimum Gasteiger partial charge on any atom is -0.748 e. The first kappa shape index (κ1) is 48.7. The molecule has 20 heteroatoms. The molecule has 0 spiro atoms. The summed E-state index contributed by atoms with van der Waals surface area (Å²) in [5.74, 6) is -1.58. The summed E-state index contributed by atoms with van der Waals surface area (Å²) in [6.07, 6.45) is 8.68. The fourth-order valence-corrected chi connectivity index (χ4v) is 8.64. The maximum atomic E-state index is 12.1. The number of carboxylic acids is 1. The Morgan fingerprint density at radius 3 is 2.23 bits per heavy atom. The molecule has 2 aliphatic heterocycles. The summed E-state index contributed by atoms with van der Waals surface area (Å²) in [6, 6.07) is 11.3.